The van der Waals surface area contributed by atoms with Crippen LogP contribution in [0.5, 0.6) is 0 Å². The molecule has 0 spiro atoms. The summed E-state index contributed by atoms with van der Waals surface area (Å²) in [6.07, 6.45) is 7.64. The normalized spacial score (nSPS) is 21.3. The molecule has 1 aromatic heterocycles. The van der Waals surface area contributed by atoms with Crippen molar-refractivity contribution in [2.75, 3.05) is 13.1 Å². The van der Waals surface area contributed by atoms with Gasteiger partial charge in [-0.05, 0) is 43.7 Å². The number of benzene rings is 1. The third kappa shape index (κ3) is 3.80. The summed E-state index contributed by atoms with van der Waals surface area (Å²) in [7, 11) is 0. The molecular formula is C20H24FN3OS. The van der Waals surface area contributed by atoms with Crippen molar-refractivity contribution in [3.8, 4) is 10.6 Å². The molecule has 1 amide bonds. The predicted molar refractivity (Wildman–Crippen MR) is 100 cm³/mol. The molecule has 1 aliphatic heterocycles. The lowest BCUT2D eigenvalue weighted by Crippen LogP contribution is -2.39. The zero-order valence-electron chi connectivity index (χ0n) is 14.9. The first kappa shape index (κ1) is 17.6. The number of hydrogen-bond donors (Lipinski definition) is 0. The summed E-state index contributed by atoms with van der Waals surface area (Å²) in [5.41, 5.74) is 0.501. The quantitative estimate of drug-likeness (QED) is 0.785. The molecule has 138 valence electrons. The molecule has 6 heteroatoms. The van der Waals surface area contributed by atoms with Crippen LogP contribution in [0.25, 0.3) is 10.6 Å². The van der Waals surface area contributed by atoms with Gasteiger partial charge in [0.25, 0.3) is 0 Å². The van der Waals surface area contributed by atoms with E-state index in [0.717, 1.165) is 30.9 Å². The summed E-state index contributed by atoms with van der Waals surface area (Å²) >= 11 is 1.45. The van der Waals surface area contributed by atoms with Gasteiger partial charge in [0.2, 0.25) is 5.91 Å². The van der Waals surface area contributed by atoms with Crippen LogP contribution in [0, 0.1) is 11.7 Å². The number of aromatic nitrogens is 2. The van der Waals surface area contributed by atoms with Gasteiger partial charge in [-0.1, -0.05) is 36.3 Å². The van der Waals surface area contributed by atoms with Gasteiger partial charge in [-0.2, -0.15) is 0 Å². The van der Waals surface area contributed by atoms with E-state index < -0.39 is 0 Å². The Bertz CT molecular complexity index is 772. The van der Waals surface area contributed by atoms with E-state index in [1.54, 1.807) is 12.1 Å². The van der Waals surface area contributed by atoms with Crippen molar-refractivity contribution >= 4 is 17.2 Å². The number of piperidine rings is 1. The van der Waals surface area contributed by atoms with Gasteiger partial charge in [-0.25, -0.2) is 4.39 Å². The van der Waals surface area contributed by atoms with E-state index in [9.17, 15) is 9.18 Å². The van der Waals surface area contributed by atoms with Gasteiger partial charge in [-0.15, -0.1) is 10.2 Å². The van der Waals surface area contributed by atoms with Gasteiger partial charge < -0.3 is 4.90 Å². The minimum absolute atomic E-state index is 0.217. The summed E-state index contributed by atoms with van der Waals surface area (Å²) in [6, 6.07) is 6.66. The molecule has 0 N–H and O–H groups in total. The van der Waals surface area contributed by atoms with Gasteiger partial charge in [0.05, 0.1) is 0 Å². The number of amides is 1. The lowest BCUT2D eigenvalue weighted by atomic mass is 9.97. The Morgan fingerprint density at radius 1 is 1.15 bits per heavy atom. The average Bonchev–Trinajstić information content (AvgIpc) is 3.34. The predicted octanol–water partition coefficient (Wildman–Crippen LogP) is 4.63. The standard InChI is InChI=1S/C20H24FN3OS/c21-17-10-4-3-9-16(17)20-23-22-19(26-20)15-8-5-11-24(13-15)18(25)12-14-6-1-2-7-14/h3-4,9-10,14-15H,1-2,5-8,11-13H2. The molecule has 2 heterocycles. The fourth-order valence-electron chi connectivity index (χ4n) is 4.14. The van der Waals surface area contributed by atoms with E-state index in [-0.39, 0.29) is 11.7 Å². The molecule has 0 radical (unpaired) electrons. The molecular weight excluding hydrogens is 349 g/mol. The van der Waals surface area contributed by atoms with Crippen LogP contribution in [0.3, 0.4) is 0 Å². The maximum Gasteiger partial charge on any atom is 0.222 e. The number of carbonyl (C=O) groups is 1. The van der Waals surface area contributed by atoms with Crippen LogP contribution in [-0.2, 0) is 4.79 Å². The van der Waals surface area contributed by atoms with Crippen LogP contribution in [0.2, 0.25) is 0 Å². The third-order valence-corrected chi connectivity index (χ3v) is 6.73. The summed E-state index contributed by atoms with van der Waals surface area (Å²) in [5, 5.41) is 10.1. The number of nitrogens with zero attached hydrogens (tertiary/aromatic N) is 3. The number of halogens is 1. The molecule has 1 aromatic carbocycles. The number of hydrogen-bond acceptors (Lipinski definition) is 4. The van der Waals surface area contributed by atoms with Crippen molar-refractivity contribution in [1.82, 2.24) is 15.1 Å². The van der Waals surface area contributed by atoms with Crippen LogP contribution in [0.4, 0.5) is 4.39 Å². The van der Waals surface area contributed by atoms with Gasteiger partial charge in [0, 0.05) is 31.0 Å². The molecule has 4 rings (SSSR count). The van der Waals surface area contributed by atoms with Crippen molar-refractivity contribution in [3.05, 3.63) is 35.1 Å². The van der Waals surface area contributed by atoms with Gasteiger partial charge in [0.1, 0.15) is 10.8 Å². The van der Waals surface area contributed by atoms with Crippen molar-refractivity contribution < 1.29 is 9.18 Å². The molecule has 2 aliphatic rings. The number of carbonyl (C=O) groups excluding carboxylic acids is 1. The minimum Gasteiger partial charge on any atom is -0.342 e. The van der Waals surface area contributed by atoms with Gasteiger partial charge in [0.15, 0.2) is 5.01 Å². The van der Waals surface area contributed by atoms with E-state index in [0.29, 0.717) is 28.8 Å². The molecule has 1 unspecified atom stereocenters. The van der Waals surface area contributed by atoms with E-state index in [4.69, 9.17) is 0 Å². The second-order valence-corrected chi connectivity index (χ2v) is 8.47. The zero-order chi connectivity index (χ0) is 17.9. The van der Waals surface area contributed by atoms with Crippen molar-refractivity contribution in [3.63, 3.8) is 0 Å². The van der Waals surface area contributed by atoms with Crippen molar-refractivity contribution in [2.24, 2.45) is 5.92 Å². The Morgan fingerprint density at radius 3 is 2.77 bits per heavy atom. The Balaban J connectivity index is 1.43. The highest BCUT2D eigenvalue weighted by atomic mass is 32.1. The SMILES string of the molecule is O=C(CC1CCCC1)N1CCCC(c2nnc(-c3ccccc3F)s2)C1. The fraction of sp³-hybridized carbons (Fsp3) is 0.550. The van der Waals surface area contributed by atoms with Gasteiger partial charge >= 0.3 is 0 Å². The summed E-state index contributed by atoms with van der Waals surface area (Å²) in [6.45, 7) is 1.57. The van der Waals surface area contributed by atoms with E-state index in [1.807, 2.05) is 11.0 Å². The molecule has 1 saturated heterocycles. The second kappa shape index (κ2) is 7.82. The fourth-order valence-corrected chi connectivity index (χ4v) is 5.13. The maximum atomic E-state index is 14.0. The topological polar surface area (TPSA) is 46.1 Å². The Labute approximate surface area is 157 Å². The molecule has 26 heavy (non-hydrogen) atoms. The van der Waals surface area contributed by atoms with Crippen LogP contribution in [-0.4, -0.2) is 34.1 Å². The number of rotatable bonds is 4. The first-order chi connectivity index (χ1) is 12.7. The Kier molecular flexibility index (Phi) is 5.29. The van der Waals surface area contributed by atoms with Crippen molar-refractivity contribution in [1.29, 1.82) is 0 Å². The molecule has 2 aromatic rings. The monoisotopic (exact) mass is 373 g/mol. The minimum atomic E-state index is -0.271. The smallest absolute Gasteiger partial charge is 0.222 e. The zero-order valence-corrected chi connectivity index (χ0v) is 15.7. The lowest BCUT2D eigenvalue weighted by Gasteiger charge is -2.32. The first-order valence-corrected chi connectivity index (χ1v) is 10.4. The molecule has 0 bridgehead atoms. The molecule has 1 aliphatic carbocycles. The van der Waals surface area contributed by atoms with Crippen LogP contribution >= 0.6 is 11.3 Å². The molecule has 4 nitrogen and oxygen atoms in total. The second-order valence-electron chi connectivity index (χ2n) is 7.46. The van der Waals surface area contributed by atoms with E-state index in [1.165, 1.54) is 43.1 Å². The summed E-state index contributed by atoms with van der Waals surface area (Å²) in [4.78, 5) is 14.7. The third-order valence-electron chi connectivity index (χ3n) is 5.61. The van der Waals surface area contributed by atoms with Crippen molar-refractivity contribution in [2.45, 2.75) is 50.9 Å². The average molecular weight is 373 g/mol. The van der Waals surface area contributed by atoms with E-state index in [2.05, 4.69) is 10.2 Å². The molecule has 1 atom stereocenters. The summed E-state index contributed by atoms with van der Waals surface area (Å²) in [5.74, 6) is 0.819. The van der Waals surface area contributed by atoms with Crippen LogP contribution in [0.15, 0.2) is 24.3 Å². The van der Waals surface area contributed by atoms with Crippen LogP contribution in [0.1, 0.15) is 55.9 Å². The largest absolute Gasteiger partial charge is 0.342 e. The Hall–Kier alpha value is -1.82. The van der Waals surface area contributed by atoms with Gasteiger partial charge in [-0.3, -0.25) is 4.79 Å². The number of likely N-dealkylation sites (tertiary alicyclic amines) is 1. The van der Waals surface area contributed by atoms with Crippen LogP contribution < -0.4 is 0 Å². The highest BCUT2D eigenvalue weighted by molar-refractivity contribution is 7.14. The molecule has 1 saturated carbocycles. The highest BCUT2D eigenvalue weighted by Crippen LogP contribution is 2.34. The van der Waals surface area contributed by atoms with E-state index >= 15 is 0 Å². The Morgan fingerprint density at radius 2 is 1.96 bits per heavy atom. The first-order valence-electron chi connectivity index (χ1n) is 9.57. The maximum absolute atomic E-state index is 14.0. The summed E-state index contributed by atoms with van der Waals surface area (Å²) < 4.78 is 14.0. The lowest BCUT2D eigenvalue weighted by molar-refractivity contribution is -0.133. The molecule has 2 fully saturated rings. The highest BCUT2D eigenvalue weighted by Gasteiger charge is 2.29.